The molecule has 2 aromatic heterocycles. The summed E-state index contributed by atoms with van der Waals surface area (Å²) in [5, 5.41) is 17.9. The summed E-state index contributed by atoms with van der Waals surface area (Å²) in [6.45, 7) is 0.653. The molecule has 8 heteroatoms. The largest absolute Gasteiger partial charge is 0.369 e. The topological polar surface area (TPSA) is 85.9 Å². The summed E-state index contributed by atoms with van der Waals surface area (Å²) >= 11 is 3.26. The lowest BCUT2D eigenvalue weighted by Gasteiger charge is -2.06. The van der Waals surface area contributed by atoms with Crippen molar-refractivity contribution in [3.05, 3.63) is 44.8 Å². The molecule has 0 saturated carbocycles. The van der Waals surface area contributed by atoms with Gasteiger partial charge in [-0.1, -0.05) is 0 Å². The van der Waals surface area contributed by atoms with E-state index in [4.69, 9.17) is 0 Å². The highest BCUT2D eigenvalue weighted by atomic mass is 79.9. The fourth-order valence-electron chi connectivity index (χ4n) is 1.56. The second-order valence-corrected chi connectivity index (χ2v) is 4.79. The molecule has 2 rings (SSSR count). The van der Waals surface area contributed by atoms with Crippen molar-refractivity contribution in [2.24, 2.45) is 7.05 Å². The molecule has 19 heavy (non-hydrogen) atoms. The summed E-state index contributed by atoms with van der Waals surface area (Å²) in [7, 11) is 1.87. The van der Waals surface area contributed by atoms with Gasteiger partial charge in [0.25, 0.3) is 5.69 Å². The molecule has 0 aliphatic rings. The molecule has 7 nitrogen and oxygen atoms in total. The van der Waals surface area contributed by atoms with Gasteiger partial charge in [-0.25, -0.2) is 4.98 Å². The van der Waals surface area contributed by atoms with Gasteiger partial charge >= 0.3 is 0 Å². The number of halogens is 1. The van der Waals surface area contributed by atoms with Crippen molar-refractivity contribution in [1.29, 1.82) is 0 Å². The Morgan fingerprint density at radius 1 is 1.58 bits per heavy atom. The fraction of sp³-hybridized carbons (Fsp3) is 0.273. The Morgan fingerprint density at radius 2 is 2.37 bits per heavy atom. The van der Waals surface area contributed by atoms with E-state index >= 15 is 0 Å². The van der Waals surface area contributed by atoms with Crippen LogP contribution in [0.1, 0.15) is 5.69 Å². The van der Waals surface area contributed by atoms with Crippen LogP contribution in [0.25, 0.3) is 0 Å². The molecule has 0 aliphatic heterocycles. The molecule has 100 valence electrons. The van der Waals surface area contributed by atoms with Crippen LogP contribution < -0.4 is 5.32 Å². The number of pyridine rings is 1. The maximum atomic E-state index is 10.6. The van der Waals surface area contributed by atoms with E-state index in [9.17, 15) is 10.1 Å². The van der Waals surface area contributed by atoms with Crippen molar-refractivity contribution in [1.82, 2.24) is 14.8 Å². The minimum absolute atomic E-state index is 0.0397. The van der Waals surface area contributed by atoms with Gasteiger partial charge in [-0.05, 0) is 22.0 Å². The van der Waals surface area contributed by atoms with Crippen LogP contribution in [-0.4, -0.2) is 26.2 Å². The number of hydrogen-bond donors (Lipinski definition) is 1. The monoisotopic (exact) mass is 325 g/mol. The average molecular weight is 326 g/mol. The summed E-state index contributed by atoms with van der Waals surface area (Å²) in [5.74, 6) is 0.585. The van der Waals surface area contributed by atoms with Crippen LogP contribution in [-0.2, 0) is 13.5 Å². The number of nitrogens with one attached hydrogen (secondary N) is 1. The lowest BCUT2D eigenvalue weighted by Crippen LogP contribution is -2.07. The van der Waals surface area contributed by atoms with Crippen molar-refractivity contribution >= 4 is 27.4 Å². The lowest BCUT2D eigenvalue weighted by molar-refractivity contribution is -0.385. The second kappa shape index (κ2) is 5.79. The molecule has 0 aliphatic carbocycles. The predicted octanol–water partition coefficient (Wildman–Crippen LogP) is 2.14. The molecule has 0 spiro atoms. The van der Waals surface area contributed by atoms with E-state index in [0.717, 1.165) is 12.1 Å². The van der Waals surface area contributed by atoms with E-state index in [0.29, 0.717) is 16.8 Å². The Bertz CT molecular complexity index is 599. The van der Waals surface area contributed by atoms with Gasteiger partial charge in [-0.3, -0.25) is 14.8 Å². The van der Waals surface area contributed by atoms with Crippen LogP contribution in [0.4, 0.5) is 11.5 Å². The van der Waals surface area contributed by atoms with E-state index in [1.807, 2.05) is 19.3 Å². The zero-order chi connectivity index (χ0) is 13.8. The minimum atomic E-state index is -0.477. The van der Waals surface area contributed by atoms with Gasteiger partial charge < -0.3 is 5.32 Å². The average Bonchev–Trinajstić information content (AvgIpc) is 2.77. The normalized spacial score (nSPS) is 10.4. The third-order valence-corrected chi connectivity index (χ3v) is 3.08. The molecule has 0 fully saturated rings. The van der Waals surface area contributed by atoms with Crippen molar-refractivity contribution < 1.29 is 4.92 Å². The third-order valence-electron chi connectivity index (χ3n) is 2.48. The Hall–Kier alpha value is -1.96. The summed E-state index contributed by atoms with van der Waals surface area (Å²) in [6.07, 6.45) is 3.87. The van der Waals surface area contributed by atoms with Gasteiger partial charge in [-0.2, -0.15) is 5.10 Å². The molecule has 0 radical (unpaired) electrons. The van der Waals surface area contributed by atoms with E-state index < -0.39 is 4.92 Å². The predicted molar refractivity (Wildman–Crippen MR) is 74.0 cm³/mol. The first-order chi connectivity index (χ1) is 9.06. The van der Waals surface area contributed by atoms with E-state index in [1.165, 1.54) is 12.3 Å². The van der Waals surface area contributed by atoms with Gasteiger partial charge in [0.15, 0.2) is 0 Å². The second-order valence-electron chi connectivity index (χ2n) is 3.94. The maximum Gasteiger partial charge on any atom is 0.288 e. The van der Waals surface area contributed by atoms with E-state index in [1.54, 1.807) is 4.68 Å². The molecule has 2 heterocycles. The number of aromatic nitrogens is 3. The van der Waals surface area contributed by atoms with Crippen LogP contribution >= 0.6 is 15.9 Å². The Kier molecular flexibility index (Phi) is 4.10. The Labute approximate surface area is 117 Å². The molecule has 0 amide bonds. The standard InChI is InChI=1S/C11H12BrN5O2/c1-16-5-3-8(15-16)2-4-13-11-10(12)6-9(7-14-11)17(18)19/h3,5-7H,2,4H2,1H3,(H,13,14). The SMILES string of the molecule is Cn1ccc(CCNc2ncc([N+](=O)[O-])cc2Br)n1. The first-order valence-electron chi connectivity index (χ1n) is 5.58. The first kappa shape index (κ1) is 13.5. The molecule has 1 N–H and O–H groups in total. The summed E-state index contributed by atoms with van der Waals surface area (Å²) in [6, 6.07) is 3.37. The van der Waals surface area contributed by atoms with Crippen molar-refractivity contribution in [2.75, 3.05) is 11.9 Å². The van der Waals surface area contributed by atoms with Gasteiger partial charge in [0.1, 0.15) is 12.0 Å². The number of anilines is 1. The summed E-state index contributed by atoms with van der Waals surface area (Å²) < 4.78 is 2.32. The van der Waals surface area contributed by atoms with Crippen LogP contribution in [0.3, 0.4) is 0 Å². The number of nitro groups is 1. The Balaban J connectivity index is 1.94. The summed E-state index contributed by atoms with van der Waals surface area (Å²) in [5.41, 5.74) is 0.940. The molecular weight excluding hydrogens is 314 g/mol. The molecular formula is C11H12BrN5O2. The third kappa shape index (κ3) is 3.50. The van der Waals surface area contributed by atoms with Crippen molar-refractivity contribution in [2.45, 2.75) is 6.42 Å². The highest BCUT2D eigenvalue weighted by molar-refractivity contribution is 9.10. The van der Waals surface area contributed by atoms with Crippen LogP contribution in [0.2, 0.25) is 0 Å². The number of rotatable bonds is 5. The number of nitrogens with zero attached hydrogens (tertiary/aromatic N) is 4. The summed E-state index contributed by atoms with van der Waals surface area (Å²) in [4.78, 5) is 14.1. The zero-order valence-corrected chi connectivity index (χ0v) is 11.8. The fourth-order valence-corrected chi connectivity index (χ4v) is 2.04. The highest BCUT2D eigenvalue weighted by Crippen LogP contribution is 2.24. The maximum absolute atomic E-state index is 10.6. The minimum Gasteiger partial charge on any atom is -0.369 e. The van der Waals surface area contributed by atoms with E-state index in [-0.39, 0.29) is 5.69 Å². The van der Waals surface area contributed by atoms with Crippen molar-refractivity contribution in [3.63, 3.8) is 0 Å². The first-order valence-corrected chi connectivity index (χ1v) is 6.38. The molecule has 0 bridgehead atoms. The van der Waals surface area contributed by atoms with Gasteiger partial charge in [0.2, 0.25) is 0 Å². The number of hydrogen-bond acceptors (Lipinski definition) is 5. The lowest BCUT2D eigenvalue weighted by atomic mass is 10.3. The quantitative estimate of drug-likeness (QED) is 0.672. The Morgan fingerprint density at radius 3 is 2.95 bits per heavy atom. The zero-order valence-electron chi connectivity index (χ0n) is 10.2. The van der Waals surface area contributed by atoms with Gasteiger partial charge in [0.05, 0.1) is 15.1 Å². The smallest absolute Gasteiger partial charge is 0.288 e. The highest BCUT2D eigenvalue weighted by Gasteiger charge is 2.10. The molecule has 0 unspecified atom stereocenters. The van der Waals surface area contributed by atoms with Crippen LogP contribution in [0.5, 0.6) is 0 Å². The van der Waals surface area contributed by atoms with Gasteiger partial charge in [0, 0.05) is 32.3 Å². The molecule has 0 aromatic carbocycles. The van der Waals surface area contributed by atoms with Crippen molar-refractivity contribution in [3.8, 4) is 0 Å². The van der Waals surface area contributed by atoms with E-state index in [2.05, 4.69) is 31.3 Å². The van der Waals surface area contributed by atoms with Gasteiger partial charge in [-0.15, -0.1) is 0 Å². The number of aryl methyl sites for hydroxylation is 1. The van der Waals surface area contributed by atoms with Crippen LogP contribution in [0.15, 0.2) is 29.0 Å². The molecule has 2 aromatic rings. The van der Waals surface area contributed by atoms with Crippen LogP contribution in [0, 0.1) is 10.1 Å². The molecule has 0 atom stereocenters. The molecule has 0 saturated heterocycles.